The minimum Gasteiger partial charge on any atom is -0.323 e. The van der Waals surface area contributed by atoms with Crippen molar-refractivity contribution < 1.29 is 19.1 Å². The Balaban J connectivity index is 4.06. The molecule has 0 aromatic heterocycles. The van der Waals surface area contributed by atoms with Gasteiger partial charge in [-0.1, -0.05) is 6.58 Å². The van der Waals surface area contributed by atoms with Gasteiger partial charge in [-0.3, -0.25) is 4.79 Å². The van der Waals surface area contributed by atoms with Crippen LogP contribution < -0.4 is 5.32 Å². The van der Waals surface area contributed by atoms with Gasteiger partial charge in [0.1, 0.15) is 0 Å². The van der Waals surface area contributed by atoms with Crippen LogP contribution in [0.4, 0.5) is 4.79 Å². The van der Waals surface area contributed by atoms with E-state index in [9.17, 15) is 9.36 Å². The van der Waals surface area contributed by atoms with Gasteiger partial charge >= 0.3 is 13.2 Å². The number of carbonyl (C=O) groups excluding carboxylic acids is 1. The number of hydrogen-bond donors (Lipinski definition) is 3. The Morgan fingerprint density at radius 3 is 2.22 bits per heavy atom. The Labute approximate surface area is 51.5 Å². The molecule has 9 heavy (non-hydrogen) atoms. The molecule has 0 radical (unpaired) electrons. The Morgan fingerprint density at radius 2 is 2.11 bits per heavy atom. The van der Waals surface area contributed by atoms with Crippen molar-refractivity contribution in [3.05, 3.63) is 12.8 Å². The van der Waals surface area contributed by atoms with Crippen LogP contribution in [-0.4, -0.2) is 15.4 Å². The molecule has 0 bridgehead atoms. The lowest BCUT2D eigenvalue weighted by atomic mass is 11.0. The highest BCUT2D eigenvalue weighted by atomic mass is 31.2. The zero-order valence-electron chi connectivity index (χ0n) is 4.44. The summed E-state index contributed by atoms with van der Waals surface area (Å²) in [6, 6.07) is 0. The van der Waals surface area contributed by atoms with Gasteiger partial charge in [-0.15, -0.1) is 0 Å². The molecule has 0 rings (SSSR count). The van der Waals surface area contributed by atoms with Crippen molar-refractivity contribution in [2.24, 2.45) is 0 Å². The summed E-state index contributed by atoms with van der Waals surface area (Å²) in [4.78, 5) is 26.3. The first-order chi connectivity index (χ1) is 3.98. The van der Waals surface area contributed by atoms with Crippen LogP contribution in [0.15, 0.2) is 12.8 Å². The van der Waals surface area contributed by atoms with Crippen LogP contribution in [0.5, 0.6) is 0 Å². The van der Waals surface area contributed by atoms with Crippen LogP contribution in [0.2, 0.25) is 0 Å². The molecule has 0 fully saturated rings. The standard InChI is InChI=1S/C3H6NO4P/c1-2-4-3(5)9(6,7)8/h2H,1H2,(H,4,5)(H2,6,7,8). The summed E-state index contributed by atoms with van der Waals surface area (Å²) >= 11 is 0. The summed E-state index contributed by atoms with van der Waals surface area (Å²) in [7, 11) is -4.59. The van der Waals surface area contributed by atoms with Crippen LogP contribution in [0.25, 0.3) is 0 Å². The molecular weight excluding hydrogens is 145 g/mol. The van der Waals surface area contributed by atoms with Crippen molar-refractivity contribution >= 4 is 13.2 Å². The molecule has 0 spiro atoms. The number of amides is 1. The van der Waals surface area contributed by atoms with Gasteiger partial charge in [-0.05, 0) is 6.20 Å². The van der Waals surface area contributed by atoms with Gasteiger partial charge in [0.15, 0.2) is 0 Å². The second kappa shape index (κ2) is 2.77. The molecule has 0 aromatic rings. The van der Waals surface area contributed by atoms with Gasteiger partial charge < -0.3 is 15.1 Å². The van der Waals surface area contributed by atoms with Crippen LogP contribution >= 0.6 is 7.60 Å². The number of rotatable bonds is 2. The summed E-state index contributed by atoms with van der Waals surface area (Å²) < 4.78 is 9.96. The summed E-state index contributed by atoms with van der Waals surface area (Å²) in [5.74, 6) is 0. The SMILES string of the molecule is C=CNC(=O)P(=O)(O)O. The van der Waals surface area contributed by atoms with Crippen molar-refractivity contribution in [3.63, 3.8) is 0 Å². The summed E-state index contributed by atoms with van der Waals surface area (Å²) in [5.41, 5.74) is -1.34. The van der Waals surface area contributed by atoms with E-state index in [1.54, 1.807) is 5.32 Å². The minimum absolute atomic E-state index is 0.904. The van der Waals surface area contributed by atoms with E-state index in [0.29, 0.717) is 0 Å². The number of hydrogen-bond acceptors (Lipinski definition) is 2. The smallest absolute Gasteiger partial charge is 0.323 e. The summed E-state index contributed by atoms with van der Waals surface area (Å²) in [6.45, 7) is 3.04. The fraction of sp³-hybridized carbons (Fsp3) is 0. The molecule has 0 unspecified atom stereocenters. The predicted molar refractivity (Wildman–Crippen MR) is 30.8 cm³/mol. The topological polar surface area (TPSA) is 86.6 Å². The Bertz CT molecular complexity index is 171. The van der Waals surface area contributed by atoms with Crippen LogP contribution in [0, 0.1) is 0 Å². The lowest BCUT2D eigenvalue weighted by Crippen LogP contribution is -2.13. The molecule has 52 valence electrons. The molecule has 0 saturated carbocycles. The highest BCUT2D eigenvalue weighted by Crippen LogP contribution is 2.34. The van der Waals surface area contributed by atoms with E-state index < -0.39 is 13.2 Å². The monoisotopic (exact) mass is 151 g/mol. The van der Waals surface area contributed by atoms with E-state index in [1.165, 1.54) is 0 Å². The van der Waals surface area contributed by atoms with Gasteiger partial charge in [0.25, 0.3) is 0 Å². The first kappa shape index (κ1) is 8.36. The maximum Gasteiger partial charge on any atom is 0.413 e. The summed E-state index contributed by atoms with van der Waals surface area (Å²) in [6.07, 6.45) is 0.904. The molecule has 0 aromatic carbocycles. The van der Waals surface area contributed by atoms with Crippen LogP contribution in [0.3, 0.4) is 0 Å². The number of nitrogens with one attached hydrogen (secondary N) is 1. The van der Waals surface area contributed by atoms with E-state index in [4.69, 9.17) is 9.79 Å². The minimum atomic E-state index is -4.59. The fourth-order valence-corrected chi connectivity index (χ4v) is 0.431. The average molecular weight is 151 g/mol. The van der Waals surface area contributed by atoms with E-state index in [2.05, 4.69) is 6.58 Å². The van der Waals surface area contributed by atoms with E-state index >= 15 is 0 Å². The molecule has 1 amide bonds. The molecule has 3 N–H and O–H groups in total. The summed E-state index contributed by atoms with van der Waals surface area (Å²) in [5, 5.41) is 1.75. The maximum atomic E-state index is 10.1. The number of carbonyl (C=O) groups is 1. The van der Waals surface area contributed by atoms with Crippen molar-refractivity contribution in [1.29, 1.82) is 0 Å². The molecule has 0 aliphatic carbocycles. The molecule has 0 atom stereocenters. The van der Waals surface area contributed by atoms with Crippen molar-refractivity contribution in [2.45, 2.75) is 0 Å². The Hall–Kier alpha value is -0.640. The zero-order chi connectivity index (χ0) is 7.49. The first-order valence-corrected chi connectivity index (χ1v) is 3.57. The molecule has 0 saturated heterocycles. The molecule has 0 aliphatic heterocycles. The molecule has 6 heteroatoms. The third kappa shape index (κ3) is 3.03. The van der Waals surface area contributed by atoms with Gasteiger partial charge in [-0.25, -0.2) is 4.57 Å². The van der Waals surface area contributed by atoms with Gasteiger partial charge in [-0.2, -0.15) is 0 Å². The van der Waals surface area contributed by atoms with Crippen LogP contribution in [-0.2, 0) is 4.57 Å². The zero-order valence-corrected chi connectivity index (χ0v) is 5.34. The normalized spacial score (nSPS) is 10.4. The third-order valence-corrected chi connectivity index (χ3v) is 1.15. The van der Waals surface area contributed by atoms with Crippen molar-refractivity contribution in [1.82, 2.24) is 5.32 Å². The molecule has 0 aliphatic rings. The lowest BCUT2D eigenvalue weighted by molar-refractivity contribution is 0.251. The third-order valence-electron chi connectivity index (χ3n) is 0.490. The molecule has 5 nitrogen and oxygen atoms in total. The van der Waals surface area contributed by atoms with Gasteiger partial charge in [0.2, 0.25) is 0 Å². The van der Waals surface area contributed by atoms with Crippen LogP contribution in [0.1, 0.15) is 0 Å². The van der Waals surface area contributed by atoms with Crippen molar-refractivity contribution in [3.8, 4) is 0 Å². The van der Waals surface area contributed by atoms with E-state index in [0.717, 1.165) is 6.20 Å². The quantitative estimate of drug-likeness (QED) is 0.485. The van der Waals surface area contributed by atoms with Gasteiger partial charge in [0, 0.05) is 0 Å². The van der Waals surface area contributed by atoms with Gasteiger partial charge in [0.05, 0.1) is 0 Å². The largest absolute Gasteiger partial charge is 0.413 e. The Morgan fingerprint density at radius 1 is 1.67 bits per heavy atom. The molecule has 0 heterocycles. The lowest BCUT2D eigenvalue weighted by Gasteiger charge is -1.98. The van der Waals surface area contributed by atoms with Crippen molar-refractivity contribution in [2.75, 3.05) is 0 Å². The second-order valence-corrected chi connectivity index (χ2v) is 2.69. The van der Waals surface area contributed by atoms with E-state index in [1.807, 2.05) is 0 Å². The fourth-order valence-electron chi connectivity index (χ4n) is 0.171. The maximum absolute atomic E-state index is 10.1. The van der Waals surface area contributed by atoms with E-state index in [-0.39, 0.29) is 0 Å². The predicted octanol–water partition coefficient (Wildman–Crippen LogP) is 0.0172. The molecular formula is C3H6NO4P. The second-order valence-electron chi connectivity index (χ2n) is 1.20. The first-order valence-electron chi connectivity index (χ1n) is 1.96. The highest BCUT2D eigenvalue weighted by molar-refractivity contribution is 7.69. The highest BCUT2D eigenvalue weighted by Gasteiger charge is 2.23. The Kier molecular flexibility index (Phi) is 2.58. The average Bonchev–Trinajstić information content (AvgIpc) is 1.64.